The summed E-state index contributed by atoms with van der Waals surface area (Å²) in [5, 5.41) is -0.207. The molecule has 1 atom stereocenters. The van der Waals surface area contributed by atoms with Crippen LogP contribution >= 0.6 is 24.4 Å². The van der Waals surface area contributed by atoms with Crippen molar-refractivity contribution in [1.29, 1.82) is 0 Å². The van der Waals surface area contributed by atoms with E-state index < -0.39 is 0 Å². The molecule has 4 aromatic rings. The van der Waals surface area contributed by atoms with Gasteiger partial charge >= 0.3 is 0 Å². The number of rotatable bonds is 7. The van der Waals surface area contributed by atoms with Crippen LogP contribution in [0, 0.1) is 0 Å². The summed E-state index contributed by atoms with van der Waals surface area (Å²) in [5.41, 5.74) is 5.26. The maximum absolute atomic E-state index is 12.4. The van der Waals surface area contributed by atoms with Gasteiger partial charge in [-0.15, -0.1) is 24.4 Å². The highest BCUT2D eigenvalue weighted by Gasteiger charge is 2.22. The van der Waals surface area contributed by atoms with E-state index in [0.717, 1.165) is 16.9 Å². The molecule has 3 heteroatoms. The molecule has 0 amide bonds. The molecule has 1 nitrogen and oxygen atoms in total. The number of hydrogen-bond acceptors (Lipinski definition) is 2. The van der Waals surface area contributed by atoms with Crippen LogP contribution in [0.5, 0.6) is 0 Å². The predicted octanol–water partition coefficient (Wildman–Crippen LogP) is 7.23. The van der Waals surface area contributed by atoms with E-state index in [1.165, 1.54) is 16.7 Å². The molecule has 0 N–H and O–H groups in total. The number of thioether (sulfide) groups is 1. The molecule has 0 saturated carbocycles. The maximum atomic E-state index is 12.4. The molecule has 0 aromatic heterocycles. The van der Waals surface area contributed by atoms with E-state index in [1.54, 1.807) is 11.8 Å². The van der Waals surface area contributed by atoms with E-state index >= 15 is 0 Å². The van der Waals surface area contributed by atoms with Gasteiger partial charge in [0.2, 0.25) is 5.12 Å². The zero-order valence-electron chi connectivity index (χ0n) is 16.4. The van der Waals surface area contributed by atoms with Crippen LogP contribution in [-0.4, -0.2) is 5.12 Å². The molecular formula is C27H22OS2. The van der Waals surface area contributed by atoms with E-state index in [9.17, 15) is 4.79 Å². The van der Waals surface area contributed by atoms with E-state index in [1.807, 2.05) is 54.6 Å². The quantitative estimate of drug-likeness (QED) is 0.248. The Morgan fingerprint density at radius 1 is 0.733 bits per heavy atom. The minimum atomic E-state index is -0.203. The Morgan fingerprint density at radius 3 is 1.97 bits per heavy atom. The Bertz CT molecular complexity index is 1110. The second-order valence-corrected chi connectivity index (χ2v) is 8.70. The molecule has 0 spiro atoms. The summed E-state index contributed by atoms with van der Waals surface area (Å²) in [6.45, 7) is 0. The van der Waals surface area contributed by atoms with Gasteiger partial charge in [0.05, 0.1) is 5.25 Å². The van der Waals surface area contributed by atoms with Gasteiger partial charge in [-0.25, -0.2) is 0 Å². The monoisotopic (exact) mass is 426 g/mol. The third kappa shape index (κ3) is 5.05. The number of carbonyl (C=O) groups is 1. The lowest BCUT2D eigenvalue weighted by Gasteiger charge is -2.21. The van der Waals surface area contributed by atoms with Crippen LogP contribution in [0.25, 0.3) is 0 Å². The Kier molecular flexibility index (Phi) is 6.73. The fraction of sp³-hybridized carbons (Fsp3) is 0.0741. The molecule has 0 aliphatic carbocycles. The highest BCUT2D eigenvalue weighted by Crippen LogP contribution is 2.42. The predicted molar refractivity (Wildman–Crippen MR) is 130 cm³/mol. The van der Waals surface area contributed by atoms with Crippen molar-refractivity contribution in [1.82, 2.24) is 0 Å². The third-order valence-electron chi connectivity index (χ3n) is 4.98. The van der Waals surface area contributed by atoms with Gasteiger partial charge in [0, 0.05) is 10.5 Å². The smallest absolute Gasteiger partial charge is 0.216 e. The highest BCUT2D eigenvalue weighted by atomic mass is 32.2. The lowest BCUT2D eigenvalue weighted by molar-refractivity contribution is 0.109. The van der Waals surface area contributed by atoms with Crippen molar-refractivity contribution in [2.75, 3.05) is 0 Å². The normalized spacial score (nSPS) is 11.8. The molecule has 0 heterocycles. The van der Waals surface area contributed by atoms with E-state index in [4.69, 9.17) is 0 Å². The van der Waals surface area contributed by atoms with Crippen molar-refractivity contribution in [2.24, 2.45) is 0 Å². The van der Waals surface area contributed by atoms with Crippen LogP contribution in [0.2, 0.25) is 0 Å². The van der Waals surface area contributed by atoms with Gasteiger partial charge in [0.25, 0.3) is 0 Å². The third-order valence-corrected chi connectivity index (χ3v) is 6.53. The molecule has 4 rings (SSSR count). The molecule has 148 valence electrons. The maximum Gasteiger partial charge on any atom is 0.216 e. The molecule has 30 heavy (non-hydrogen) atoms. The van der Waals surface area contributed by atoms with Crippen LogP contribution in [0.15, 0.2) is 114 Å². The fourth-order valence-corrected chi connectivity index (χ4v) is 4.94. The zero-order chi connectivity index (χ0) is 20.8. The van der Waals surface area contributed by atoms with E-state index in [2.05, 4.69) is 67.2 Å². The van der Waals surface area contributed by atoms with Crippen LogP contribution in [0.4, 0.5) is 0 Å². The molecule has 0 fully saturated rings. The standard InChI is InChI=1S/C27H22OS2/c28-27(29)24-17-16-21(18-20-10-4-1-5-11-20)19-25(24)26(22-12-6-2-7-13-22)30-23-14-8-3-9-15-23/h1-17,19,26H,18H2,(H,28,29). The summed E-state index contributed by atoms with van der Waals surface area (Å²) in [4.78, 5) is 13.5. The van der Waals surface area contributed by atoms with Crippen LogP contribution in [0.1, 0.15) is 37.9 Å². The van der Waals surface area contributed by atoms with Gasteiger partial charge < -0.3 is 0 Å². The first-order valence-electron chi connectivity index (χ1n) is 9.87. The number of carbonyl (C=O) groups excluding carboxylic acids is 1. The van der Waals surface area contributed by atoms with E-state index in [0.29, 0.717) is 5.56 Å². The zero-order valence-corrected chi connectivity index (χ0v) is 18.2. The van der Waals surface area contributed by atoms with Crippen molar-refractivity contribution in [3.8, 4) is 0 Å². The largest absolute Gasteiger partial charge is 0.282 e. The number of hydrogen-bond donors (Lipinski definition) is 1. The number of benzene rings is 4. The van der Waals surface area contributed by atoms with Gasteiger partial charge in [0.15, 0.2) is 0 Å². The van der Waals surface area contributed by atoms with Crippen molar-refractivity contribution in [2.45, 2.75) is 16.6 Å². The Balaban J connectivity index is 1.79. The first kappa shape index (κ1) is 20.5. The summed E-state index contributed by atoms with van der Waals surface area (Å²) in [6, 6.07) is 37.2. The average Bonchev–Trinajstić information content (AvgIpc) is 2.79. The number of thiol groups is 1. The summed E-state index contributed by atoms with van der Waals surface area (Å²) in [7, 11) is 0. The molecule has 1 unspecified atom stereocenters. The topological polar surface area (TPSA) is 17.1 Å². The molecule has 0 bridgehead atoms. The van der Waals surface area contributed by atoms with Crippen molar-refractivity contribution in [3.63, 3.8) is 0 Å². The van der Waals surface area contributed by atoms with Gasteiger partial charge in [-0.05, 0) is 46.9 Å². The molecule has 0 aliphatic heterocycles. The summed E-state index contributed by atoms with van der Waals surface area (Å²) in [6.07, 6.45) is 0.826. The first-order valence-corrected chi connectivity index (χ1v) is 11.2. The SMILES string of the molecule is O=C(S)c1ccc(Cc2ccccc2)cc1C(Sc1ccccc1)c1ccccc1. The van der Waals surface area contributed by atoms with Crippen molar-refractivity contribution >= 4 is 29.5 Å². The molecule has 0 aliphatic rings. The highest BCUT2D eigenvalue weighted by molar-refractivity contribution is 7.99. The summed E-state index contributed by atoms with van der Waals surface area (Å²) in [5.74, 6) is 0. The lowest BCUT2D eigenvalue weighted by atomic mass is 9.95. The van der Waals surface area contributed by atoms with Gasteiger partial charge in [-0.3, -0.25) is 4.79 Å². The van der Waals surface area contributed by atoms with Crippen LogP contribution < -0.4 is 0 Å². The average molecular weight is 427 g/mol. The van der Waals surface area contributed by atoms with Gasteiger partial charge in [-0.1, -0.05) is 91.0 Å². The molecule has 0 saturated heterocycles. The fourth-order valence-electron chi connectivity index (χ4n) is 3.54. The van der Waals surface area contributed by atoms with Crippen molar-refractivity contribution < 1.29 is 4.79 Å². The lowest BCUT2D eigenvalue weighted by Crippen LogP contribution is -2.05. The van der Waals surface area contributed by atoms with E-state index in [-0.39, 0.29) is 10.4 Å². The summed E-state index contributed by atoms with van der Waals surface area (Å²) < 4.78 is 0. The second kappa shape index (κ2) is 9.84. The Labute approximate surface area is 187 Å². The van der Waals surface area contributed by atoms with Crippen LogP contribution in [0.3, 0.4) is 0 Å². The van der Waals surface area contributed by atoms with Gasteiger partial charge in [-0.2, -0.15) is 0 Å². The Morgan fingerprint density at radius 2 is 1.33 bits per heavy atom. The second-order valence-electron chi connectivity index (χ2n) is 7.11. The minimum Gasteiger partial charge on any atom is -0.282 e. The molecular weight excluding hydrogens is 404 g/mol. The summed E-state index contributed by atoms with van der Waals surface area (Å²) >= 11 is 5.93. The van der Waals surface area contributed by atoms with Crippen LogP contribution in [-0.2, 0) is 6.42 Å². The minimum absolute atomic E-state index is 0.00424. The Hall–Kier alpha value is -2.75. The van der Waals surface area contributed by atoms with Crippen molar-refractivity contribution in [3.05, 3.63) is 137 Å². The van der Waals surface area contributed by atoms with Gasteiger partial charge in [0.1, 0.15) is 0 Å². The first-order chi connectivity index (χ1) is 14.7. The molecule has 4 aromatic carbocycles. The molecule has 0 radical (unpaired) electrons.